The van der Waals surface area contributed by atoms with Crippen LogP contribution in [0.5, 0.6) is 0 Å². The lowest BCUT2D eigenvalue weighted by atomic mass is 9.82. The predicted molar refractivity (Wildman–Crippen MR) is 113 cm³/mol. The van der Waals surface area contributed by atoms with E-state index in [9.17, 15) is 0 Å². The number of likely N-dealkylation sites (tertiary alicyclic amines) is 1. The van der Waals surface area contributed by atoms with Gasteiger partial charge in [0.15, 0.2) is 5.96 Å². The summed E-state index contributed by atoms with van der Waals surface area (Å²) in [6, 6.07) is 0. The molecule has 146 valence electrons. The van der Waals surface area contributed by atoms with Crippen molar-refractivity contribution in [1.82, 2.24) is 10.2 Å². The molecule has 1 aliphatic carbocycles. The van der Waals surface area contributed by atoms with Crippen LogP contribution in [-0.2, 0) is 9.47 Å². The van der Waals surface area contributed by atoms with Gasteiger partial charge in [0.25, 0.3) is 0 Å². The minimum absolute atomic E-state index is 0. The van der Waals surface area contributed by atoms with Crippen molar-refractivity contribution < 1.29 is 9.47 Å². The molecular formula is C19H36IN3O2. The number of rotatable bonds is 7. The number of hydrogen-bond acceptors (Lipinski definition) is 3. The minimum atomic E-state index is 0. The summed E-state index contributed by atoms with van der Waals surface area (Å²) < 4.78 is 11.3. The van der Waals surface area contributed by atoms with E-state index in [4.69, 9.17) is 14.5 Å². The third-order valence-corrected chi connectivity index (χ3v) is 5.65. The van der Waals surface area contributed by atoms with Gasteiger partial charge in [0.1, 0.15) is 0 Å². The van der Waals surface area contributed by atoms with Gasteiger partial charge in [-0.2, -0.15) is 0 Å². The van der Waals surface area contributed by atoms with Gasteiger partial charge in [-0.1, -0.05) is 12.8 Å². The first-order valence-corrected chi connectivity index (χ1v) is 10.1. The molecule has 25 heavy (non-hydrogen) atoms. The van der Waals surface area contributed by atoms with Crippen molar-refractivity contribution in [2.24, 2.45) is 16.8 Å². The summed E-state index contributed by atoms with van der Waals surface area (Å²) >= 11 is 0. The molecule has 0 spiro atoms. The highest BCUT2D eigenvalue weighted by Crippen LogP contribution is 2.35. The van der Waals surface area contributed by atoms with Crippen molar-refractivity contribution in [3.63, 3.8) is 0 Å². The number of guanidine groups is 1. The molecule has 2 heterocycles. The van der Waals surface area contributed by atoms with Crippen molar-refractivity contribution >= 4 is 29.9 Å². The van der Waals surface area contributed by atoms with Crippen LogP contribution in [0, 0.1) is 11.8 Å². The fraction of sp³-hybridized carbons (Fsp3) is 0.947. The van der Waals surface area contributed by atoms with Crippen molar-refractivity contribution in [2.45, 2.75) is 58.0 Å². The third-order valence-electron chi connectivity index (χ3n) is 5.65. The Hall–Kier alpha value is -0.0800. The molecule has 1 N–H and O–H groups in total. The largest absolute Gasteiger partial charge is 0.379 e. The molecule has 3 atom stereocenters. The van der Waals surface area contributed by atoms with E-state index in [1.54, 1.807) is 0 Å². The first-order valence-electron chi connectivity index (χ1n) is 10.1. The van der Waals surface area contributed by atoms with Crippen molar-refractivity contribution in [1.29, 1.82) is 0 Å². The highest BCUT2D eigenvalue weighted by molar-refractivity contribution is 14.0. The Morgan fingerprint density at radius 3 is 2.56 bits per heavy atom. The van der Waals surface area contributed by atoms with E-state index >= 15 is 0 Å². The maximum absolute atomic E-state index is 5.73. The molecule has 3 fully saturated rings. The Morgan fingerprint density at radius 2 is 1.92 bits per heavy atom. The fourth-order valence-corrected chi connectivity index (χ4v) is 4.35. The molecule has 0 aromatic carbocycles. The average molecular weight is 465 g/mol. The van der Waals surface area contributed by atoms with Gasteiger partial charge in [-0.15, -0.1) is 24.0 Å². The molecule has 3 unspecified atom stereocenters. The summed E-state index contributed by atoms with van der Waals surface area (Å²) in [5.74, 6) is 2.92. The van der Waals surface area contributed by atoms with Gasteiger partial charge < -0.3 is 19.7 Å². The Kier molecular flexibility index (Phi) is 9.84. The molecule has 3 aliphatic rings. The quantitative estimate of drug-likeness (QED) is 0.271. The normalized spacial score (nSPS) is 29.4. The summed E-state index contributed by atoms with van der Waals surface area (Å²) in [4.78, 5) is 7.34. The second-order valence-electron chi connectivity index (χ2n) is 7.51. The summed E-state index contributed by atoms with van der Waals surface area (Å²) in [6.45, 7) is 8.79. The average Bonchev–Trinajstić information content (AvgIpc) is 3.25. The second-order valence-corrected chi connectivity index (χ2v) is 7.51. The summed E-state index contributed by atoms with van der Waals surface area (Å²) in [7, 11) is 0. The van der Waals surface area contributed by atoms with E-state index in [-0.39, 0.29) is 24.0 Å². The zero-order chi connectivity index (χ0) is 16.6. The minimum Gasteiger partial charge on any atom is -0.379 e. The van der Waals surface area contributed by atoms with Crippen LogP contribution >= 0.6 is 24.0 Å². The maximum atomic E-state index is 5.73. The van der Waals surface area contributed by atoms with Crippen molar-refractivity contribution in [3.8, 4) is 0 Å². The topological polar surface area (TPSA) is 46.1 Å². The molecule has 0 amide bonds. The molecule has 0 aromatic heterocycles. The van der Waals surface area contributed by atoms with E-state index in [1.807, 2.05) is 0 Å². The van der Waals surface area contributed by atoms with Crippen LogP contribution in [-0.4, -0.2) is 63.0 Å². The lowest BCUT2D eigenvalue weighted by molar-refractivity contribution is 0.0170. The zero-order valence-corrected chi connectivity index (χ0v) is 18.1. The molecule has 2 aliphatic heterocycles. The summed E-state index contributed by atoms with van der Waals surface area (Å²) in [6.07, 6.45) is 9.33. The van der Waals surface area contributed by atoms with Crippen molar-refractivity contribution in [3.05, 3.63) is 0 Å². The van der Waals surface area contributed by atoms with Gasteiger partial charge in [-0.05, 0) is 50.9 Å². The monoisotopic (exact) mass is 465 g/mol. The standard InChI is InChI=1S/C19H35N3O2.HI/c1-2-20-19(22-13-16-7-3-4-8-17(16)14-22)21-10-6-11-23-15-18-9-5-12-24-18;/h16-18H,2-15H2,1H3,(H,20,21);1H. The molecule has 3 rings (SSSR count). The molecule has 6 heteroatoms. The Morgan fingerprint density at radius 1 is 1.16 bits per heavy atom. The highest BCUT2D eigenvalue weighted by atomic mass is 127. The van der Waals surface area contributed by atoms with Gasteiger partial charge >= 0.3 is 0 Å². The fourth-order valence-electron chi connectivity index (χ4n) is 4.35. The van der Waals surface area contributed by atoms with E-state index in [1.165, 1.54) is 45.2 Å². The number of nitrogens with zero attached hydrogens (tertiary/aromatic N) is 2. The van der Waals surface area contributed by atoms with Gasteiger partial charge in [0.2, 0.25) is 0 Å². The highest BCUT2D eigenvalue weighted by Gasteiger charge is 2.35. The van der Waals surface area contributed by atoms with Crippen LogP contribution < -0.4 is 5.32 Å². The molecule has 5 nitrogen and oxygen atoms in total. The first-order chi connectivity index (χ1) is 11.9. The lowest BCUT2D eigenvalue weighted by Crippen LogP contribution is -2.40. The van der Waals surface area contributed by atoms with E-state index in [2.05, 4.69) is 17.1 Å². The summed E-state index contributed by atoms with van der Waals surface area (Å²) in [5.41, 5.74) is 0. The number of halogens is 1. The van der Waals surface area contributed by atoms with Crippen molar-refractivity contribution in [2.75, 3.05) is 46.0 Å². The molecule has 0 aromatic rings. The Labute approximate surface area is 170 Å². The SMILES string of the molecule is CCNC(=NCCCOCC1CCCO1)N1CC2CCCCC2C1.I. The lowest BCUT2D eigenvalue weighted by Gasteiger charge is -2.22. The Bertz CT molecular complexity index is 388. The molecule has 1 saturated carbocycles. The van der Waals surface area contributed by atoms with Crippen LogP contribution in [0.1, 0.15) is 51.9 Å². The second kappa shape index (κ2) is 11.6. The predicted octanol–water partition coefficient (Wildman–Crippen LogP) is 3.28. The van der Waals surface area contributed by atoms with E-state index < -0.39 is 0 Å². The smallest absolute Gasteiger partial charge is 0.193 e. The molecule has 0 radical (unpaired) electrons. The summed E-state index contributed by atoms with van der Waals surface area (Å²) in [5, 5.41) is 3.49. The molecule has 0 bridgehead atoms. The van der Waals surface area contributed by atoms with Gasteiger partial charge in [0.05, 0.1) is 12.7 Å². The third kappa shape index (κ3) is 6.54. The van der Waals surface area contributed by atoms with Gasteiger partial charge in [0, 0.05) is 39.4 Å². The first kappa shape index (κ1) is 21.2. The van der Waals surface area contributed by atoms with Crippen LogP contribution in [0.2, 0.25) is 0 Å². The van der Waals surface area contributed by atoms with E-state index in [0.29, 0.717) is 6.10 Å². The number of nitrogens with one attached hydrogen (secondary N) is 1. The Balaban J connectivity index is 0.00000225. The van der Waals surface area contributed by atoms with Gasteiger partial charge in [-0.25, -0.2) is 0 Å². The van der Waals surface area contributed by atoms with Crippen LogP contribution in [0.15, 0.2) is 4.99 Å². The van der Waals surface area contributed by atoms with Crippen LogP contribution in [0.3, 0.4) is 0 Å². The number of ether oxygens (including phenoxy) is 2. The van der Waals surface area contributed by atoms with Gasteiger partial charge in [-0.3, -0.25) is 4.99 Å². The van der Waals surface area contributed by atoms with Crippen LogP contribution in [0.4, 0.5) is 0 Å². The number of fused-ring (bicyclic) bond motifs is 1. The number of aliphatic imine (C=N–C) groups is 1. The zero-order valence-electron chi connectivity index (χ0n) is 15.8. The molecular weight excluding hydrogens is 429 g/mol. The maximum Gasteiger partial charge on any atom is 0.193 e. The van der Waals surface area contributed by atoms with E-state index in [0.717, 1.165) is 63.5 Å². The van der Waals surface area contributed by atoms with Crippen LogP contribution in [0.25, 0.3) is 0 Å². The number of hydrogen-bond donors (Lipinski definition) is 1. The molecule has 2 saturated heterocycles.